The highest BCUT2D eigenvalue weighted by atomic mass is 16.6. The summed E-state index contributed by atoms with van der Waals surface area (Å²) >= 11 is 0. The van der Waals surface area contributed by atoms with Gasteiger partial charge in [0.2, 0.25) is 0 Å². The van der Waals surface area contributed by atoms with Crippen molar-refractivity contribution in [3.05, 3.63) is 121 Å². The van der Waals surface area contributed by atoms with Crippen LogP contribution in [0.1, 0.15) is 58.8 Å². The van der Waals surface area contributed by atoms with Crippen LogP contribution >= 0.6 is 0 Å². The first-order valence-electron chi connectivity index (χ1n) is 21.3. The zero-order valence-corrected chi connectivity index (χ0v) is 36.8. The van der Waals surface area contributed by atoms with Gasteiger partial charge in [-0.05, 0) is 61.4 Å². The molecule has 0 radical (unpaired) electrons. The smallest absolute Gasteiger partial charge is 0.415 e. The highest BCUT2D eigenvalue weighted by molar-refractivity contribution is 5.84. The van der Waals surface area contributed by atoms with Crippen molar-refractivity contribution in [2.75, 3.05) is 13.2 Å². The Balaban J connectivity index is 1.29. The first-order valence-corrected chi connectivity index (χ1v) is 21.3. The number of hydrogen-bond acceptors (Lipinski definition) is 16. The lowest BCUT2D eigenvalue weighted by atomic mass is 10.1. The second-order valence-electron chi connectivity index (χ2n) is 14.0. The number of nitrogens with one attached hydrogen (secondary N) is 4. The Morgan fingerprint density at radius 3 is 0.985 bits per heavy atom. The quantitative estimate of drug-likeness (QED) is 0.0254. The van der Waals surface area contributed by atoms with Crippen molar-refractivity contribution < 1.29 is 76.3 Å². The normalized spacial score (nSPS) is 12.2. The van der Waals surface area contributed by atoms with Crippen molar-refractivity contribution >= 4 is 48.3 Å². The van der Waals surface area contributed by atoms with Crippen molar-refractivity contribution in [3.63, 3.8) is 0 Å². The number of amides is 4. The summed E-state index contributed by atoms with van der Waals surface area (Å²) in [5.74, 6) is -2.66. The number of rotatable bonds is 24. The van der Waals surface area contributed by atoms with Crippen molar-refractivity contribution in [1.29, 1.82) is 0 Å². The Labute approximate surface area is 385 Å². The van der Waals surface area contributed by atoms with Gasteiger partial charge in [-0.1, -0.05) is 86.6 Å². The van der Waals surface area contributed by atoms with Gasteiger partial charge in [0.05, 0.1) is 13.2 Å². The molecule has 4 aromatic carbocycles. The summed E-state index contributed by atoms with van der Waals surface area (Å²) in [7, 11) is 0. The SMILES string of the molecule is CCC(NC(=O)Oc1ccccc1)OC(=O)CCC(NC(=O)Oc1ccccc1)C(=O)OCCCOC(=O)C(CCC(=O)OC(CC)NC(=O)Oc1ccccc1)NC(=O)Oc1ccccc1. The molecule has 4 N–H and O–H groups in total. The maximum absolute atomic E-state index is 13.2. The summed E-state index contributed by atoms with van der Waals surface area (Å²) in [6.07, 6.45) is -7.01. The van der Waals surface area contributed by atoms with Crippen molar-refractivity contribution in [3.8, 4) is 23.0 Å². The standard InChI is InChI=1S/C47H52N4O16/c1-3-38(50-46(58)64-34-22-13-7-14-23-34)66-40(52)28-26-36(48-44(56)62-32-18-9-5-10-19-32)42(54)60-30-17-31-61-43(55)37(49-45(57)63-33-20-11-6-12-21-33)27-29-41(53)67-39(4-2)51-47(59)65-35-24-15-8-16-25-35/h5-16,18-25,36-39H,3-4,17,26-31H2,1-2H3,(H,48,56)(H,49,57)(H,50,58)(H,51,59). The topological polar surface area (TPSA) is 259 Å². The van der Waals surface area contributed by atoms with Crippen LogP contribution in [0, 0.1) is 0 Å². The van der Waals surface area contributed by atoms with E-state index < -0.39 is 85.6 Å². The first kappa shape index (κ1) is 51.5. The van der Waals surface area contributed by atoms with E-state index in [1.54, 1.807) is 111 Å². The predicted octanol–water partition coefficient (Wildman–Crippen LogP) is 6.47. The maximum Gasteiger partial charge on any atom is 0.415 e. The molecule has 0 saturated carbocycles. The molecule has 20 nitrogen and oxygen atoms in total. The Kier molecular flexibility index (Phi) is 22.0. The highest BCUT2D eigenvalue weighted by Gasteiger charge is 2.28. The molecule has 0 saturated heterocycles. The average Bonchev–Trinajstić information content (AvgIpc) is 3.32. The lowest BCUT2D eigenvalue weighted by Gasteiger charge is -2.20. The number of benzene rings is 4. The molecule has 356 valence electrons. The monoisotopic (exact) mass is 928 g/mol. The third-order valence-corrected chi connectivity index (χ3v) is 8.87. The van der Waals surface area contributed by atoms with E-state index >= 15 is 0 Å². The maximum atomic E-state index is 13.2. The third kappa shape index (κ3) is 20.5. The van der Waals surface area contributed by atoms with Gasteiger partial charge < -0.3 is 48.5 Å². The van der Waals surface area contributed by atoms with E-state index in [9.17, 15) is 38.4 Å². The van der Waals surface area contributed by atoms with Gasteiger partial charge in [0, 0.05) is 32.1 Å². The van der Waals surface area contributed by atoms with Gasteiger partial charge in [-0.2, -0.15) is 0 Å². The lowest BCUT2D eigenvalue weighted by molar-refractivity contribution is -0.152. The molecular weight excluding hydrogens is 877 g/mol. The highest BCUT2D eigenvalue weighted by Crippen LogP contribution is 2.14. The molecule has 0 fully saturated rings. The summed E-state index contributed by atoms with van der Waals surface area (Å²) < 4.78 is 42.2. The zero-order valence-electron chi connectivity index (χ0n) is 36.8. The molecule has 0 aliphatic rings. The largest absolute Gasteiger partial charge is 0.464 e. The van der Waals surface area contributed by atoms with Crippen LogP contribution in [0.15, 0.2) is 121 Å². The molecule has 0 heterocycles. The number of para-hydroxylation sites is 4. The van der Waals surface area contributed by atoms with Gasteiger partial charge in [-0.15, -0.1) is 0 Å². The van der Waals surface area contributed by atoms with Crippen molar-refractivity contribution in [1.82, 2.24) is 21.3 Å². The number of esters is 4. The van der Waals surface area contributed by atoms with Gasteiger partial charge in [0.25, 0.3) is 0 Å². The predicted molar refractivity (Wildman–Crippen MR) is 235 cm³/mol. The van der Waals surface area contributed by atoms with Crippen LogP contribution in [0.4, 0.5) is 19.2 Å². The summed E-state index contributed by atoms with van der Waals surface area (Å²) in [6, 6.07) is 29.6. The molecular formula is C47H52N4O16. The number of hydrogen-bond donors (Lipinski definition) is 4. The van der Waals surface area contributed by atoms with Gasteiger partial charge in [-0.3, -0.25) is 20.2 Å². The fourth-order valence-corrected chi connectivity index (χ4v) is 5.54. The second-order valence-corrected chi connectivity index (χ2v) is 14.0. The van der Waals surface area contributed by atoms with E-state index in [1.807, 2.05) is 0 Å². The lowest BCUT2D eigenvalue weighted by Crippen LogP contribution is -2.44. The van der Waals surface area contributed by atoms with Crippen LogP contribution in [-0.4, -0.2) is 86.0 Å². The van der Waals surface area contributed by atoms with E-state index in [-0.39, 0.29) is 68.3 Å². The van der Waals surface area contributed by atoms with Crippen molar-refractivity contribution in [2.24, 2.45) is 0 Å². The Morgan fingerprint density at radius 2 is 0.701 bits per heavy atom. The van der Waals surface area contributed by atoms with E-state index in [1.165, 1.54) is 24.3 Å². The minimum absolute atomic E-state index is 0.0597. The fraction of sp³-hybridized carbons (Fsp3) is 0.319. The molecule has 0 aromatic heterocycles. The molecule has 67 heavy (non-hydrogen) atoms. The van der Waals surface area contributed by atoms with Crippen LogP contribution in [0.5, 0.6) is 23.0 Å². The molecule has 4 atom stereocenters. The molecule has 4 aromatic rings. The first-order chi connectivity index (χ1) is 32.4. The van der Waals surface area contributed by atoms with Crippen LogP contribution in [0.2, 0.25) is 0 Å². The minimum atomic E-state index is -1.41. The Hall–Kier alpha value is -8.16. The number of carbonyl (C=O) groups excluding carboxylic acids is 8. The molecule has 0 bridgehead atoms. The van der Waals surface area contributed by atoms with E-state index in [4.69, 9.17) is 37.9 Å². The minimum Gasteiger partial charge on any atom is -0.464 e. The molecule has 20 heteroatoms. The van der Waals surface area contributed by atoms with Crippen LogP contribution in [0.3, 0.4) is 0 Å². The van der Waals surface area contributed by atoms with Gasteiger partial charge >= 0.3 is 48.3 Å². The van der Waals surface area contributed by atoms with Gasteiger partial charge in [0.1, 0.15) is 35.1 Å². The molecule has 4 rings (SSSR count). The van der Waals surface area contributed by atoms with E-state index in [2.05, 4.69) is 21.3 Å². The Morgan fingerprint density at radius 1 is 0.418 bits per heavy atom. The van der Waals surface area contributed by atoms with Gasteiger partial charge in [-0.25, -0.2) is 28.8 Å². The van der Waals surface area contributed by atoms with E-state index in [0.29, 0.717) is 0 Å². The summed E-state index contributed by atoms with van der Waals surface area (Å²) in [5.41, 5.74) is 0. The molecule has 0 spiro atoms. The molecule has 4 unspecified atom stereocenters. The average molecular weight is 929 g/mol. The molecule has 4 amide bonds. The van der Waals surface area contributed by atoms with Gasteiger partial charge in [0.15, 0.2) is 12.5 Å². The Bertz CT molecular complexity index is 2040. The molecule has 0 aliphatic carbocycles. The number of carbonyl (C=O) groups is 8. The molecule has 0 aliphatic heterocycles. The summed E-state index contributed by atoms with van der Waals surface area (Å²) in [5, 5.41) is 9.63. The summed E-state index contributed by atoms with van der Waals surface area (Å²) in [6.45, 7) is 2.66. The van der Waals surface area contributed by atoms with Crippen molar-refractivity contribution in [2.45, 2.75) is 83.3 Å². The van der Waals surface area contributed by atoms with Crippen LogP contribution in [0.25, 0.3) is 0 Å². The van der Waals surface area contributed by atoms with E-state index in [0.717, 1.165) is 0 Å². The van der Waals surface area contributed by atoms with Crippen LogP contribution in [-0.2, 0) is 38.1 Å². The summed E-state index contributed by atoms with van der Waals surface area (Å²) in [4.78, 5) is 102. The fourth-order valence-electron chi connectivity index (χ4n) is 5.54. The third-order valence-electron chi connectivity index (χ3n) is 8.87. The van der Waals surface area contributed by atoms with Crippen LogP contribution < -0.4 is 40.2 Å². The zero-order chi connectivity index (χ0) is 48.2. The number of ether oxygens (including phenoxy) is 8. The second kappa shape index (κ2) is 28.6.